The minimum absolute atomic E-state index is 0.222. The number of hydrogen-bond acceptors (Lipinski definition) is 5. The van der Waals surface area contributed by atoms with Gasteiger partial charge < -0.3 is 9.87 Å². The SMILES string of the molecule is CC1(C(N2CCC(c3ccc(F)cc3)CC2)S(=O)[O-])CNCN1. The van der Waals surface area contributed by atoms with Crippen LogP contribution in [0.5, 0.6) is 0 Å². The molecule has 2 heterocycles. The number of nitrogens with zero attached hydrogens (tertiary/aromatic N) is 1. The lowest BCUT2D eigenvalue weighted by molar-refractivity contribution is 0.139. The molecular formula is C16H23FN3O2S-. The summed E-state index contributed by atoms with van der Waals surface area (Å²) in [4.78, 5) is 2.06. The summed E-state index contributed by atoms with van der Waals surface area (Å²) in [6.45, 7) is 4.70. The number of piperidine rings is 1. The fourth-order valence-electron chi connectivity index (χ4n) is 3.76. The molecule has 0 bridgehead atoms. The van der Waals surface area contributed by atoms with E-state index in [0.717, 1.165) is 31.5 Å². The fourth-order valence-corrected chi connectivity index (χ4v) is 4.81. The van der Waals surface area contributed by atoms with Crippen LogP contribution >= 0.6 is 0 Å². The molecule has 0 radical (unpaired) electrons. The van der Waals surface area contributed by atoms with E-state index in [-0.39, 0.29) is 5.82 Å². The molecule has 0 spiro atoms. The number of likely N-dealkylation sites (tertiary alicyclic amines) is 1. The third-order valence-corrected chi connectivity index (χ3v) is 6.22. The van der Waals surface area contributed by atoms with Crippen molar-refractivity contribution in [2.45, 2.75) is 36.6 Å². The van der Waals surface area contributed by atoms with Crippen LogP contribution in [0.4, 0.5) is 4.39 Å². The molecule has 1 aromatic rings. The second-order valence-corrected chi connectivity index (χ2v) is 7.64. The van der Waals surface area contributed by atoms with Gasteiger partial charge in [0.05, 0.1) is 10.9 Å². The Morgan fingerprint density at radius 2 is 2.00 bits per heavy atom. The van der Waals surface area contributed by atoms with Gasteiger partial charge in [0.2, 0.25) is 0 Å². The van der Waals surface area contributed by atoms with Crippen LogP contribution in [-0.4, -0.2) is 50.9 Å². The normalized spacial score (nSPS) is 29.5. The Bertz CT molecular complexity index is 555. The molecule has 128 valence electrons. The molecule has 3 unspecified atom stereocenters. The second-order valence-electron chi connectivity index (χ2n) is 6.67. The Kier molecular flexibility index (Phi) is 5.13. The maximum Gasteiger partial charge on any atom is 0.123 e. The lowest BCUT2D eigenvalue weighted by atomic mass is 9.88. The summed E-state index contributed by atoms with van der Waals surface area (Å²) in [6, 6.07) is 6.66. The fraction of sp³-hybridized carbons (Fsp3) is 0.625. The molecule has 0 aromatic heterocycles. The molecule has 2 aliphatic heterocycles. The van der Waals surface area contributed by atoms with Crippen LogP contribution in [0.3, 0.4) is 0 Å². The molecule has 5 nitrogen and oxygen atoms in total. The van der Waals surface area contributed by atoms with E-state index in [0.29, 0.717) is 19.1 Å². The highest BCUT2D eigenvalue weighted by Crippen LogP contribution is 2.31. The van der Waals surface area contributed by atoms with E-state index in [9.17, 15) is 13.2 Å². The molecule has 0 amide bonds. The summed E-state index contributed by atoms with van der Waals surface area (Å²) in [5.41, 5.74) is 0.674. The van der Waals surface area contributed by atoms with Crippen LogP contribution in [0, 0.1) is 5.82 Å². The zero-order valence-electron chi connectivity index (χ0n) is 13.3. The highest BCUT2D eigenvalue weighted by Gasteiger charge is 2.42. The van der Waals surface area contributed by atoms with Crippen molar-refractivity contribution < 1.29 is 13.2 Å². The number of hydrogen-bond donors (Lipinski definition) is 2. The molecule has 3 rings (SSSR count). The molecule has 2 fully saturated rings. The molecular weight excluding hydrogens is 317 g/mol. The standard InChI is InChI=1S/C16H24FN3O2S/c1-16(10-18-11-19-16)15(23(21)22)20-8-6-13(7-9-20)12-2-4-14(17)5-3-12/h2-5,13,15,18-19H,6-11H2,1H3,(H,21,22)/p-1. The van der Waals surface area contributed by atoms with Crippen molar-refractivity contribution in [3.8, 4) is 0 Å². The minimum Gasteiger partial charge on any atom is -0.771 e. The first-order chi connectivity index (χ1) is 11.0. The van der Waals surface area contributed by atoms with Crippen LogP contribution in [-0.2, 0) is 11.1 Å². The Morgan fingerprint density at radius 1 is 1.35 bits per heavy atom. The van der Waals surface area contributed by atoms with Gasteiger partial charge in [-0.15, -0.1) is 0 Å². The summed E-state index contributed by atoms with van der Waals surface area (Å²) in [7, 11) is 0. The van der Waals surface area contributed by atoms with Crippen LogP contribution in [0.2, 0.25) is 0 Å². The molecule has 1 aromatic carbocycles. The molecule has 2 N–H and O–H groups in total. The lowest BCUT2D eigenvalue weighted by Gasteiger charge is -2.45. The summed E-state index contributed by atoms with van der Waals surface area (Å²) < 4.78 is 36.7. The van der Waals surface area contributed by atoms with E-state index in [4.69, 9.17) is 0 Å². The van der Waals surface area contributed by atoms with E-state index >= 15 is 0 Å². The summed E-state index contributed by atoms with van der Waals surface area (Å²) in [6.07, 6.45) is 1.78. The predicted octanol–water partition coefficient (Wildman–Crippen LogP) is 1.12. The van der Waals surface area contributed by atoms with Crippen molar-refractivity contribution in [3.05, 3.63) is 35.6 Å². The Balaban J connectivity index is 1.67. The summed E-state index contributed by atoms with van der Waals surface area (Å²) in [5, 5.41) is 5.92. The third-order valence-electron chi connectivity index (χ3n) is 5.04. The quantitative estimate of drug-likeness (QED) is 0.804. The van der Waals surface area contributed by atoms with E-state index < -0.39 is 22.0 Å². The van der Waals surface area contributed by atoms with Gasteiger partial charge in [0.25, 0.3) is 0 Å². The van der Waals surface area contributed by atoms with Crippen LogP contribution in [0.15, 0.2) is 24.3 Å². The second kappa shape index (κ2) is 6.94. The summed E-state index contributed by atoms with van der Waals surface area (Å²) >= 11 is -2.17. The summed E-state index contributed by atoms with van der Waals surface area (Å²) in [5.74, 6) is 0.149. The van der Waals surface area contributed by atoms with Gasteiger partial charge >= 0.3 is 0 Å². The van der Waals surface area contributed by atoms with Crippen LogP contribution in [0.25, 0.3) is 0 Å². The molecule has 23 heavy (non-hydrogen) atoms. The zero-order chi connectivity index (χ0) is 16.4. The zero-order valence-corrected chi connectivity index (χ0v) is 14.1. The third kappa shape index (κ3) is 3.64. The van der Waals surface area contributed by atoms with Gasteiger partial charge in [0.15, 0.2) is 0 Å². The number of rotatable bonds is 4. The Labute approximate surface area is 138 Å². The molecule has 0 saturated carbocycles. The number of nitrogens with one attached hydrogen (secondary N) is 2. The van der Waals surface area contributed by atoms with Crippen molar-refractivity contribution in [3.63, 3.8) is 0 Å². The average Bonchev–Trinajstić information content (AvgIpc) is 2.96. The van der Waals surface area contributed by atoms with Crippen LogP contribution < -0.4 is 10.6 Å². The van der Waals surface area contributed by atoms with Gasteiger partial charge in [-0.1, -0.05) is 12.1 Å². The average molecular weight is 340 g/mol. The monoisotopic (exact) mass is 340 g/mol. The first-order valence-electron chi connectivity index (χ1n) is 8.03. The van der Waals surface area contributed by atoms with Gasteiger partial charge in [-0.25, -0.2) is 4.39 Å². The first kappa shape index (κ1) is 17.0. The van der Waals surface area contributed by atoms with Crippen molar-refractivity contribution in [1.82, 2.24) is 15.5 Å². The van der Waals surface area contributed by atoms with E-state index in [2.05, 4.69) is 15.5 Å². The smallest absolute Gasteiger partial charge is 0.123 e. The van der Waals surface area contributed by atoms with Gasteiger partial charge in [-0.3, -0.25) is 14.4 Å². The minimum atomic E-state index is -2.17. The number of halogens is 1. The first-order valence-corrected chi connectivity index (χ1v) is 9.17. The predicted molar refractivity (Wildman–Crippen MR) is 87.1 cm³/mol. The Morgan fingerprint density at radius 3 is 2.52 bits per heavy atom. The van der Waals surface area contributed by atoms with Crippen molar-refractivity contribution >= 4 is 11.1 Å². The highest BCUT2D eigenvalue weighted by atomic mass is 32.2. The molecule has 7 heteroatoms. The molecule has 3 atom stereocenters. The number of benzene rings is 1. The largest absolute Gasteiger partial charge is 0.771 e. The Hall–Kier alpha value is -0.860. The topological polar surface area (TPSA) is 67.4 Å². The molecule has 2 aliphatic rings. The van der Waals surface area contributed by atoms with Gasteiger partial charge in [-0.05, 0) is 67.5 Å². The van der Waals surface area contributed by atoms with Gasteiger partial charge in [-0.2, -0.15) is 0 Å². The maximum atomic E-state index is 13.0. The van der Waals surface area contributed by atoms with Crippen LogP contribution in [0.1, 0.15) is 31.2 Å². The van der Waals surface area contributed by atoms with Crippen molar-refractivity contribution in [2.24, 2.45) is 0 Å². The van der Waals surface area contributed by atoms with Crippen molar-refractivity contribution in [2.75, 3.05) is 26.3 Å². The van der Waals surface area contributed by atoms with Gasteiger partial charge in [0, 0.05) is 13.2 Å². The maximum absolute atomic E-state index is 13.0. The highest BCUT2D eigenvalue weighted by molar-refractivity contribution is 7.79. The molecule has 0 aliphatic carbocycles. The van der Waals surface area contributed by atoms with E-state index in [1.54, 1.807) is 0 Å². The van der Waals surface area contributed by atoms with Crippen molar-refractivity contribution in [1.29, 1.82) is 0 Å². The molecule has 2 saturated heterocycles. The van der Waals surface area contributed by atoms with E-state index in [1.807, 2.05) is 19.1 Å². The van der Waals surface area contributed by atoms with Gasteiger partial charge in [0.1, 0.15) is 5.82 Å². The lowest BCUT2D eigenvalue weighted by Crippen LogP contribution is -2.61. The van der Waals surface area contributed by atoms with E-state index in [1.165, 1.54) is 12.1 Å².